The molecule has 0 heterocycles. The summed E-state index contributed by atoms with van der Waals surface area (Å²) in [6.07, 6.45) is 2.29. The fraction of sp³-hybridized carbons (Fsp3) is 0.250. The Balaban J connectivity index is 2.21. The molecule has 0 saturated carbocycles. The second-order valence-corrected chi connectivity index (χ2v) is 4.48. The third-order valence-electron chi connectivity index (χ3n) is 2.93. The van der Waals surface area contributed by atoms with Gasteiger partial charge in [0.2, 0.25) is 0 Å². The van der Waals surface area contributed by atoms with E-state index in [1.807, 2.05) is 19.1 Å². The van der Waals surface area contributed by atoms with E-state index >= 15 is 0 Å². The molecule has 18 heavy (non-hydrogen) atoms. The maximum absolute atomic E-state index is 13.5. The fourth-order valence-electron chi connectivity index (χ4n) is 2.08. The Morgan fingerprint density at radius 3 is 2.44 bits per heavy atom. The summed E-state index contributed by atoms with van der Waals surface area (Å²) in [5.41, 5.74) is 2.67. The largest absolute Gasteiger partial charge is 0.207 e. The summed E-state index contributed by atoms with van der Waals surface area (Å²) in [6.45, 7) is 2.03. The van der Waals surface area contributed by atoms with Gasteiger partial charge in [-0.1, -0.05) is 37.6 Å². The van der Waals surface area contributed by atoms with Gasteiger partial charge in [-0.15, -0.1) is 0 Å². The van der Waals surface area contributed by atoms with E-state index in [1.165, 1.54) is 18.2 Å². The average molecular weight is 246 g/mol. The number of aryl methyl sites for hydroxylation is 1. The summed E-state index contributed by atoms with van der Waals surface area (Å²) >= 11 is 0. The summed E-state index contributed by atoms with van der Waals surface area (Å²) in [6, 6.07) is 11.7. The minimum absolute atomic E-state index is 0.153. The van der Waals surface area contributed by atoms with Crippen molar-refractivity contribution in [2.75, 3.05) is 0 Å². The molecule has 2 rings (SSSR count). The lowest BCUT2D eigenvalue weighted by atomic mass is 10.0. The van der Waals surface area contributed by atoms with Crippen molar-refractivity contribution in [3.63, 3.8) is 0 Å². The molecule has 0 aliphatic carbocycles. The third-order valence-corrected chi connectivity index (χ3v) is 2.93. The van der Waals surface area contributed by atoms with Gasteiger partial charge in [-0.3, -0.25) is 0 Å². The maximum atomic E-state index is 13.5. The first-order valence-corrected chi connectivity index (χ1v) is 6.21. The first-order valence-electron chi connectivity index (χ1n) is 6.21. The van der Waals surface area contributed by atoms with E-state index in [0.29, 0.717) is 6.42 Å². The molecule has 0 aromatic heterocycles. The van der Waals surface area contributed by atoms with E-state index in [1.54, 1.807) is 12.1 Å². The smallest absolute Gasteiger partial charge is 0.126 e. The van der Waals surface area contributed by atoms with Crippen LogP contribution in [0.2, 0.25) is 0 Å². The molecule has 2 aromatic carbocycles. The minimum Gasteiger partial charge on any atom is -0.207 e. The topological polar surface area (TPSA) is 0 Å². The zero-order valence-electron chi connectivity index (χ0n) is 10.4. The molecule has 0 saturated heterocycles. The molecular formula is C16H16F2. The van der Waals surface area contributed by atoms with Gasteiger partial charge < -0.3 is 0 Å². The van der Waals surface area contributed by atoms with E-state index in [4.69, 9.17) is 0 Å². The summed E-state index contributed by atoms with van der Waals surface area (Å²) in [4.78, 5) is 0. The fourth-order valence-corrected chi connectivity index (χ4v) is 2.08. The zero-order chi connectivity index (χ0) is 13.0. The van der Waals surface area contributed by atoms with Crippen LogP contribution < -0.4 is 0 Å². The highest BCUT2D eigenvalue weighted by molar-refractivity contribution is 5.30. The molecule has 0 atom stereocenters. The first kappa shape index (κ1) is 12.7. The van der Waals surface area contributed by atoms with Crippen LogP contribution >= 0.6 is 0 Å². The molecule has 0 radical (unpaired) electrons. The lowest BCUT2D eigenvalue weighted by Crippen LogP contribution is -1.95. The van der Waals surface area contributed by atoms with Crippen molar-refractivity contribution in [1.29, 1.82) is 0 Å². The van der Waals surface area contributed by atoms with Crippen molar-refractivity contribution in [2.45, 2.75) is 26.2 Å². The van der Waals surface area contributed by atoms with Gasteiger partial charge in [-0.25, -0.2) is 8.78 Å². The molecule has 2 aromatic rings. The zero-order valence-corrected chi connectivity index (χ0v) is 10.4. The second kappa shape index (κ2) is 5.76. The van der Waals surface area contributed by atoms with Crippen LogP contribution in [0.15, 0.2) is 42.5 Å². The van der Waals surface area contributed by atoms with Crippen LogP contribution in [0.3, 0.4) is 0 Å². The van der Waals surface area contributed by atoms with Crippen LogP contribution in [0.25, 0.3) is 0 Å². The summed E-state index contributed by atoms with van der Waals surface area (Å²) < 4.78 is 26.6. The van der Waals surface area contributed by atoms with Crippen molar-refractivity contribution in [1.82, 2.24) is 0 Å². The second-order valence-electron chi connectivity index (χ2n) is 4.48. The maximum Gasteiger partial charge on any atom is 0.126 e. The van der Waals surface area contributed by atoms with E-state index in [-0.39, 0.29) is 11.6 Å². The number of halogens is 2. The molecule has 0 bridgehead atoms. The van der Waals surface area contributed by atoms with Gasteiger partial charge in [0, 0.05) is 0 Å². The Morgan fingerprint density at radius 2 is 1.72 bits per heavy atom. The quantitative estimate of drug-likeness (QED) is 0.744. The summed E-state index contributed by atoms with van der Waals surface area (Å²) in [7, 11) is 0. The number of benzene rings is 2. The Labute approximate surface area is 106 Å². The van der Waals surface area contributed by atoms with Crippen LogP contribution in [0.4, 0.5) is 8.78 Å². The highest BCUT2D eigenvalue weighted by atomic mass is 19.1. The van der Waals surface area contributed by atoms with Crippen LogP contribution in [-0.4, -0.2) is 0 Å². The van der Waals surface area contributed by atoms with Crippen molar-refractivity contribution >= 4 is 0 Å². The molecule has 0 N–H and O–H groups in total. The molecule has 0 aliphatic heterocycles. The highest BCUT2D eigenvalue weighted by Gasteiger charge is 2.04. The number of hydrogen-bond donors (Lipinski definition) is 0. The Kier molecular flexibility index (Phi) is 4.08. The highest BCUT2D eigenvalue weighted by Crippen LogP contribution is 2.16. The van der Waals surface area contributed by atoms with Gasteiger partial charge in [0.25, 0.3) is 0 Å². The Bertz CT molecular complexity index is 532. The Hall–Kier alpha value is -1.70. The van der Waals surface area contributed by atoms with Crippen molar-refractivity contribution in [3.05, 3.63) is 70.8 Å². The first-order chi connectivity index (χ1) is 8.69. The molecule has 0 amide bonds. The van der Waals surface area contributed by atoms with Crippen LogP contribution in [0.5, 0.6) is 0 Å². The van der Waals surface area contributed by atoms with Crippen molar-refractivity contribution in [3.8, 4) is 0 Å². The molecule has 0 spiro atoms. The van der Waals surface area contributed by atoms with E-state index < -0.39 is 0 Å². The normalized spacial score (nSPS) is 10.6. The number of hydrogen-bond acceptors (Lipinski definition) is 0. The predicted molar refractivity (Wildman–Crippen MR) is 69.6 cm³/mol. The SMILES string of the molecule is CCCc1cc(Cc2cccc(F)c2)ccc1F. The lowest BCUT2D eigenvalue weighted by Gasteiger charge is -2.06. The van der Waals surface area contributed by atoms with Gasteiger partial charge >= 0.3 is 0 Å². The molecular weight excluding hydrogens is 230 g/mol. The van der Waals surface area contributed by atoms with E-state index in [9.17, 15) is 8.78 Å². The molecule has 0 nitrogen and oxygen atoms in total. The average Bonchev–Trinajstić information content (AvgIpc) is 2.34. The molecule has 0 unspecified atom stereocenters. The van der Waals surface area contributed by atoms with Crippen LogP contribution in [0.1, 0.15) is 30.0 Å². The van der Waals surface area contributed by atoms with Crippen LogP contribution in [0, 0.1) is 11.6 Å². The van der Waals surface area contributed by atoms with Gasteiger partial charge in [0.15, 0.2) is 0 Å². The predicted octanol–water partition coefficient (Wildman–Crippen LogP) is 4.51. The Morgan fingerprint density at radius 1 is 0.944 bits per heavy atom. The molecule has 94 valence electrons. The third kappa shape index (κ3) is 3.16. The van der Waals surface area contributed by atoms with E-state index in [2.05, 4.69) is 0 Å². The standard InChI is InChI=1S/C16H16F2/c1-2-4-14-10-13(7-8-16(14)18)9-12-5-3-6-15(17)11-12/h3,5-8,10-11H,2,4,9H2,1H3. The van der Waals surface area contributed by atoms with E-state index in [0.717, 1.165) is 29.5 Å². The van der Waals surface area contributed by atoms with Crippen LogP contribution in [-0.2, 0) is 12.8 Å². The van der Waals surface area contributed by atoms with Gasteiger partial charge in [0.05, 0.1) is 0 Å². The number of rotatable bonds is 4. The lowest BCUT2D eigenvalue weighted by molar-refractivity contribution is 0.606. The van der Waals surface area contributed by atoms with Gasteiger partial charge in [0.1, 0.15) is 11.6 Å². The molecule has 0 fully saturated rings. The summed E-state index contributed by atoms with van der Waals surface area (Å²) in [5, 5.41) is 0. The minimum atomic E-state index is -0.233. The van der Waals surface area contributed by atoms with Crippen molar-refractivity contribution in [2.24, 2.45) is 0 Å². The van der Waals surface area contributed by atoms with Gasteiger partial charge in [-0.2, -0.15) is 0 Å². The molecule has 0 aliphatic rings. The monoisotopic (exact) mass is 246 g/mol. The van der Waals surface area contributed by atoms with Crippen molar-refractivity contribution < 1.29 is 8.78 Å². The van der Waals surface area contributed by atoms with Gasteiger partial charge in [-0.05, 0) is 47.7 Å². The molecule has 2 heteroatoms. The summed E-state index contributed by atoms with van der Waals surface area (Å²) in [5.74, 6) is -0.386.